The molecule has 2 heteroatoms. The van der Waals surface area contributed by atoms with Gasteiger partial charge in [0.05, 0.1) is 6.67 Å². The molecule has 1 N–H and O–H groups in total. The average Bonchev–Trinajstić information content (AvgIpc) is 2.05. The second-order valence-electron chi connectivity index (χ2n) is 3.78. The minimum absolute atomic E-state index is 0.156. The van der Waals surface area contributed by atoms with E-state index in [2.05, 4.69) is 11.9 Å². The van der Waals surface area contributed by atoms with Crippen LogP contribution >= 0.6 is 0 Å². The van der Waals surface area contributed by atoms with Gasteiger partial charge >= 0.3 is 0 Å². The monoisotopic (exact) mass is 157 g/mol. The Morgan fingerprint density at radius 1 is 1.82 bits per heavy atom. The lowest BCUT2D eigenvalue weighted by molar-refractivity contribution is 0.154. The Kier molecular flexibility index (Phi) is 2.66. The Hall–Kier alpha value is -0.370. The topological polar surface area (TPSA) is 12.0 Å². The van der Waals surface area contributed by atoms with Gasteiger partial charge in [-0.1, -0.05) is 13.0 Å². The summed E-state index contributed by atoms with van der Waals surface area (Å²) in [7, 11) is 0. The first-order valence-electron chi connectivity index (χ1n) is 4.09. The Bertz CT molecular complexity index is 146. The van der Waals surface area contributed by atoms with Crippen molar-refractivity contribution in [1.82, 2.24) is 5.32 Å². The molecule has 0 saturated carbocycles. The van der Waals surface area contributed by atoms with Gasteiger partial charge in [-0.3, -0.25) is 4.39 Å². The first kappa shape index (κ1) is 8.72. The average molecular weight is 157 g/mol. The van der Waals surface area contributed by atoms with Gasteiger partial charge in [0.25, 0.3) is 0 Å². The van der Waals surface area contributed by atoms with Gasteiger partial charge in [-0.15, -0.1) is 6.58 Å². The molecule has 0 spiro atoms. The highest BCUT2D eigenvalue weighted by atomic mass is 19.1. The minimum Gasteiger partial charge on any atom is -0.316 e. The maximum Gasteiger partial charge on any atom is 0.0960 e. The molecule has 1 rings (SSSR count). The molecule has 64 valence electrons. The molecular formula is C9H16FN. The lowest BCUT2D eigenvalue weighted by Crippen LogP contribution is -2.43. The highest BCUT2D eigenvalue weighted by Crippen LogP contribution is 2.29. The Morgan fingerprint density at radius 3 is 3.09 bits per heavy atom. The molecule has 1 fully saturated rings. The summed E-state index contributed by atoms with van der Waals surface area (Å²) in [6.45, 7) is 7.23. The Morgan fingerprint density at radius 2 is 2.55 bits per heavy atom. The van der Waals surface area contributed by atoms with Crippen molar-refractivity contribution in [3.05, 3.63) is 12.7 Å². The lowest BCUT2D eigenvalue weighted by atomic mass is 9.79. The van der Waals surface area contributed by atoms with Crippen LogP contribution in [-0.2, 0) is 0 Å². The van der Waals surface area contributed by atoms with Crippen LogP contribution < -0.4 is 5.32 Å². The summed E-state index contributed by atoms with van der Waals surface area (Å²) in [6.07, 6.45) is 2.85. The van der Waals surface area contributed by atoms with E-state index in [1.54, 1.807) is 0 Å². The van der Waals surface area contributed by atoms with Crippen molar-refractivity contribution >= 4 is 0 Å². The van der Waals surface area contributed by atoms with Crippen LogP contribution in [0.4, 0.5) is 4.39 Å². The summed E-state index contributed by atoms with van der Waals surface area (Å²) < 4.78 is 12.5. The fourth-order valence-electron chi connectivity index (χ4n) is 1.61. The predicted octanol–water partition coefficient (Wildman–Crippen LogP) is 1.76. The molecule has 0 radical (unpaired) electrons. The van der Waals surface area contributed by atoms with Gasteiger partial charge in [-0.2, -0.15) is 0 Å². The van der Waals surface area contributed by atoms with Gasteiger partial charge < -0.3 is 5.32 Å². The van der Waals surface area contributed by atoms with Gasteiger partial charge in [0.1, 0.15) is 0 Å². The Balaban J connectivity index is 2.51. The van der Waals surface area contributed by atoms with Crippen molar-refractivity contribution in [3.8, 4) is 0 Å². The molecule has 1 heterocycles. The van der Waals surface area contributed by atoms with E-state index >= 15 is 0 Å². The number of piperidine rings is 1. The van der Waals surface area contributed by atoms with Gasteiger partial charge in [-0.05, 0) is 12.3 Å². The van der Waals surface area contributed by atoms with E-state index in [1.807, 2.05) is 13.0 Å². The lowest BCUT2D eigenvalue weighted by Gasteiger charge is -2.35. The number of nitrogens with one attached hydrogen (secondary N) is 1. The Labute approximate surface area is 67.7 Å². The molecule has 0 aromatic carbocycles. The summed E-state index contributed by atoms with van der Waals surface area (Å²) in [5.41, 5.74) is -0.156. The standard InChI is InChI=1S/C9H16FN/c1-3-8-4-9(2,6-10)7-11-5-8/h3,8,11H,1,4-7H2,2H3/t8?,9-/m0/s1. The largest absolute Gasteiger partial charge is 0.316 e. The van der Waals surface area contributed by atoms with Crippen molar-refractivity contribution in [2.45, 2.75) is 13.3 Å². The second kappa shape index (κ2) is 3.35. The molecule has 0 aliphatic carbocycles. The summed E-state index contributed by atoms with van der Waals surface area (Å²) >= 11 is 0. The zero-order valence-electron chi connectivity index (χ0n) is 7.07. The molecule has 1 aliphatic rings. The maximum absolute atomic E-state index is 12.5. The van der Waals surface area contributed by atoms with E-state index in [0.717, 1.165) is 19.5 Å². The van der Waals surface area contributed by atoms with Crippen LogP contribution in [0.1, 0.15) is 13.3 Å². The van der Waals surface area contributed by atoms with E-state index in [9.17, 15) is 4.39 Å². The molecule has 2 atom stereocenters. The van der Waals surface area contributed by atoms with Crippen molar-refractivity contribution < 1.29 is 4.39 Å². The number of halogens is 1. The van der Waals surface area contributed by atoms with Crippen LogP contribution in [0.25, 0.3) is 0 Å². The fourth-order valence-corrected chi connectivity index (χ4v) is 1.61. The summed E-state index contributed by atoms with van der Waals surface area (Å²) in [4.78, 5) is 0. The SMILES string of the molecule is C=CC1CNC[C@](C)(CF)C1. The quantitative estimate of drug-likeness (QED) is 0.602. The smallest absolute Gasteiger partial charge is 0.0960 e. The van der Waals surface area contributed by atoms with Crippen LogP contribution in [-0.4, -0.2) is 19.8 Å². The molecule has 1 aliphatic heterocycles. The van der Waals surface area contributed by atoms with Gasteiger partial charge in [0.15, 0.2) is 0 Å². The van der Waals surface area contributed by atoms with E-state index in [4.69, 9.17) is 0 Å². The molecule has 11 heavy (non-hydrogen) atoms. The first-order chi connectivity index (χ1) is 5.20. The highest BCUT2D eigenvalue weighted by Gasteiger charge is 2.30. The van der Waals surface area contributed by atoms with E-state index in [1.165, 1.54) is 0 Å². The molecule has 0 amide bonds. The van der Waals surface area contributed by atoms with E-state index in [0.29, 0.717) is 5.92 Å². The minimum atomic E-state index is -0.232. The van der Waals surface area contributed by atoms with Crippen LogP contribution in [0.15, 0.2) is 12.7 Å². The van der Waals surface area contributed by atoms with Crippen molar-refractivity contribution in [2.24, 2.45) is 11.3 Å². The first-order valence-corrected chi connectivity index (χ1v) is 4.09. The van der Waals surface area contributed by atoms with Crippen LogP contribution in [0.5, 0.6) is 0 Å². The third-order valence-electron chi connectivity index (χ3n) is 2.37. The number of hydrogen-bond donors (Lipinski definition) is 1. The fraction of sp³-hybridized carbons (Fsp3) is 0.778. The zero-order chi connectivity index (χ0) is 8.32. The van der Waals surface area contributed by atoms with Crippen molar-refractivity contribution in [1.29, 1.82) is 0 Å². The summed E-state index contributed by atoms with van der Waals surface area (Å²) in [5, 5.41) is 3.22. The van der Waals surface area contributed by atoms with Crippen molar-refractivity contribution in [2.75, 3.05) is 19.8 Å². The third-order valence-corrected chi connectivity index (χ3v) is 2.37. The zero-order valence-corrected chi connectivity index (χ0v) is 7.07. The van der Waals surface area contributed by atoms with Crippen LogP contribution in [0.3, 0.4) is 0 Å². The summed E-state index contributed by atoms with van der Waals surface area (Å²) in [5.74, 6) is 0.449. The maximum atomic E-state index is 12.5. The number of rotatable bonds is 2. The van der Waals surface area contributed by atoms with Gasteiger partial charge in [0.2, 0.25) is 0 Å². The second-order valence-corrected chi connectivity index (χ2v) is 3.78. The normalized spacial score (nSPS) is 38.5. The van der Waals surface area contributed by atoms with E-state index < -0.39 is 0 Å². The van der Waals surface area contributed by atoms with Crippen molar-refractivity contribution in [3.63, 3.8) is 0 Å². The van der Waals surface area contributed by atoms with Gasteiger partial charge in [0, 0.05) is 18.5 Å². The van der Waals surface area contributed by atoms with Crippen LogP contribution in [0.2, 0.25) is 0 Å². The number of alkyl halides is 1. The number of hydrogen-bond acceptors (Lipinski definition) is 1. The predicted molar refractivity (Wildman–Crippen MR) is 45.3 cm³/mol. The molecular weight excluding hydrogens is 141 g/mol. The van der Waals surface area contributed by atoms with E-state index in [-0.39, 0.29) is 12.1 Å². The van der Waals surface area contributed by atoms with Crippen LogP contribution in [0, 0.1) is 11.3 Å². The van der Waals surface area contributed by atoms with Gasteiger partial charge in [-0.25, -0.2) is 0 Å². The molecule has 0 aromatic rings. The third kappa shape index (κ3) is 2.03. The molecule has 1 unspecified atom stereocenters. The highest BCUT2D eigenvalue weighted by molar-refractivity contribution is 4.92. The molecule has 0 aromatic heterocycles. The molecule has 1 nitrogen and oxygen atoms in total. The molecule has 1 saturated heterocycles. The summed E-state index contributed by atoms with van der Waals surface area (Å²) in [6, 6.07) is 0. The molecule has 0 bridgehead atoms.